The van der Waals surface area contributed by atoms with Gasteiger partial charge in [-0.15, -0.1) is 0 Å². The number of nitrogens with zero attached hydrogens (tertiary/aromatic N) is 23. The molecular weight excluding hydrogens is 1420 g/mol. The smallest absolute Gasteiger partial charge is 0.228 e. The molecule has 21 rings (SSSR count). The molecule has 0 bridgehead atoms. The zero-order valence-corrected chi connectivity index (χ0v) is 60.7. The van der Waals surface area contributed by atoms with Crippen molar-refractivity contribution in [2.75, 3.05) is 81.4 Å². The summed E-state index contributed by atoms with van der Waals surface area (Å²) in [6.45, 7) is 9.09. The van der Waals surface area contributed by atoms with Gasteiger partial charge in [-0.3, -0.25) is 54.8 Å². The molecule has 0 atom stereocenters. The van der Waals surface area contributed by atoms with E-state index in [1.165, 1.54) is 0 Å². The van der Waals surface area contributed by atoms with Crippen LogP contribution >= 0.6 is 0 Å². The molecule has 30 nitrogen and oxygen atoms in total. The second kappa shape index (κ2) is 37.1. The molecule has 0 aromatic carbocycles. The van der Waals surface area contributed by atoms with E-state index in [0.717, 1.165) is 147 Å². The van der Waals surface area contributed by atoms with Crippen molar-refractivity contribution in [2.24, 2.45) is 0 Å². The van der Waals surface area contributed by atoms with E-state index < -0.39 is 0 Å². The highest BCUT2D eigenvalue weighted by atomic mass is 16.5. The first-order chi connectivity index (χ1) is 55.5. The standard InChI is InChI=1S/5C12H11N3O.2C11H10N4O/c1-4-13-5-2-11(1)15-8-10-7-14-6-3-12(10)16-9-15;1-3-10(7-13-5-1)15-8-11-12(16-9-15)4-2-6-14-11;1-2-12-11(14-5-1)8-15(9-16-12)10-3-6-13-7-4-10;1-2-11(7-13-4-1)15-8-10-6-14-5-3-12(10)16-9-15;1-2-5-14-12(3-1)15-8-10-7-13-6-4-11(10)16-9-15;1-3-13-11(14-4-1)15-7-9-6-12-5-2-10(9)16-8-15;1-3-10-9(12-4-1)7-15(8-16-10)11-13-5-2-6-14-11/h5*1-7H,8-9H2;2*1-6H,7-8H2. The molecule has 0 aliphatic carbocycles. The summed E-state index contributed by atoms with van der Waals surface area (Å²) in [6.07, 6.45) is 42.7. The molecule has 560 valence electrons. The van der Waals surface area contributed by atoms with Gasteiger partial charge in [-0.05, 0) is 133 Å². The van der Waals surface area contributed by atoms with E-state index in [1.807, 2.05) is 174 Å². The molecule has 0 radical (unpaired) electrons. The van der Waals surface area contributed by atoms with Crippen molar-refractivity contribution in [3.8, 4) is 40.2 Å². The molecule has 21 heterocycles. The molecule has 14 aromatic heterocycles. The normalized spacial score (nSPS) is 14.1. The molecule has 0 amide bonds. The van der Waals surface area contributed by atoms with Gasteiger partial charge in [0.25, 0.3) is 0 Å². The first kappa shape index (κ1) is 72.7. The van der Waals surface area contributed by atoms with Crippen LogP contribution in [-0.2, 0) is 45.8 Å². The Kier molecular flexibility index (Phi) is 24.1. The van der Waals surface area contributed by atoms with E-state index in [1.54, 1.807) is 124 Å². The quantitative estimate of drug-likeness (QED) is 0.143. The van der Waals surface area contributed by atoms with Gasteiger partial charge >= 0.3 is 0 Å². The van der Waals surface area contributed by atoms with Gasteiger partial charge in [0.05, 0.1) is 69.6 Å². The first-order valence-electron chi connectivity index (χ1n) is 35.8. The first-order valence-corrected chi connectivity index (χ1v) is 35.8. The van der Waals surface area contributed by atoms with E-state index in [4.69, 9.17) is 33.2 Å². The minimum Gasteiger partial charge on any atom is -0.473 e. The van der Waals surface area contributed by atoms with E-state index in [-0.39, 0.29) is 0 Å². The van der Waals surface area contributed by atoms with Gasteiger partial charge in [-0.2, -0.15) is 0 Å². The molecular formula is C82H75N23O7. The summed E-state index contributed by atoms with van der Waals surface area (Å²) < 4.78 is 39.4. The summed E-state index contributed by atoms with van der Waals surface area (Å²) in [4.78, 5) is 81.0. The fourth-order valence-corrected chi connectivity index (χ4v) is 12.1. The Balaban J connectivity index is 0.000000103. The van der Waals surface area contributed by atoms with Crippen molar-refractivity contribution in [2.45, 2.75) is 45.8 Å². The number of pyridine rings is 12. The number of hydrogen-bond acceptors (Lipinski definition) is 30. The largest absolute Gasteiger partial charge is 0.473 e. The Hall–Kier alpha value is -14.8. The van der Waals surface area contributed by atoms with Gasteiger partial charge in [-0.25, -0.2) is 24.9 Å². The highest BCUT2D eigenvalue weighted by molar-refractivity contribution is 5.52. The van der Waals surface area contributed by atoms with Crippen LogP contribution in [0.3, 0.4) is 0 Å². The molecule has 14 aromatic rings. The summed E-state index contributed by atoms with van der Waals surface area (Å²) in [5, 5.41) is 0. The Bertz CT molecular complexity index is 4320. The van der Waals surface area contributed by atoms with Gasteiger partial charge in [0.15, 0.2) is 47.1 Å². The lowest BCUT2D eigenvalue weighted by Crippen LogP contribution is -2.33. The summed E-state index contributed by atoms with van der Waals surface area (Å²) in [5.74, 6) is 8.54. The Morgan fingerprint density at radius 2 is 0.500 bits per heavy atom. The van der Waals surface area contributed by atoms with Crippen LogP contribution in [0.1, 0.15) is 39.3 Å². The van der Waals surface area contributed by atoms with Crippen LogP contribution in [0.25, 0.3) is 0 Å². The fraction of sp³-hybridized carbons (Fsp3) is 0.171. The highest BCUT2D eigenvalue weighted by Gasteiger charge is 2.25. The maximum absolute atomic E-state index is 5.66. The van der Waals surface area contributed by atoms with Crippen molar-refractivity contribution in [1.82, 2.24) is 79.7 Å². The van der Waals surface area contributed by atoms with E-state index in [2.05, 4.69) is 104 Å². The maximum atomic E-state index is 5.66. The van der Waals surface area contributed by atoms with E-state index in [9.17, 15) is 0 Å². The van der Waals surface area contributed by atoms with Gasteiger partial charge in [0, 0.05) is 170 Å². The van der Waals surface area contributed by atoms with Crippen molar-refractivity contribution >= 4 is 40.5 Å². The van der Waals surface area contributed by atoms with Crippen LogP contribution in [0.15, 0.2) is 288 Å². The Morgan fingerprint density at radius 3 is 0.902 bits per heavy atom. The Morgan fingerprint density at radius 1 is 0.196 bits per heavy atom. The second-order valence-corrected chi connectivity index (χ2v) is 25.2. The molecule has 0 N–H and O–H groups in total. The van der Waals surface area contributed by atoms with Crippen LogP contribution in [-0.4, -0.2) is 127 Å². The predicted octanol–water partition coefficient (Wildman–Crippen LogP) is 11.6. The molecule has 0 spiro atoms. The van der Waals surface area contributed by atoms with E-state index in [0.29, 0.717) is 65.6 Å². The van der Waals surface area contributed by atoms with Crippen molar-refractivity contribution in [3.05, 3.63) is 328 Å². The third-order valence-electron chi connectivity index (χ3n) is 17.8. The zero-order chi connectivity index (χ0) is 75.6. The van der Waals surface area contributed by atoms with Gasteiger partial charge < -0.3 is 67.5 Å². The summed E-state index contributed by atoms with van der Waals surface area (Å²) in [5.41, 5.74) is 11.6. The third-order valence-corrected chi connectivity index (χ3v) is 17.8. The summed E-state index contributed by atoms with van der Waals surface area (Å²) in [7, 11) is 0. The minimum absolute atomic E-state index is 0.461. The van der Waals surface area contributed by atoms with Crippen LogP contribution in [0.4, 0.5) is 40.5 Å². The maximum Gasteiger partial charge on any atom is 0.228 e. The van der Waals surface area contributed by atoms with Crippen LogP contribution in [0, 0.1) is 0 Å². The Labute approximate surface area is 645 Å². The van der Waals surface area contributed by atoms with Crippen molar-refractivity contribution in [3.63, 3.8) is 0 Å². The van der Waals surface area contributed by atoms with Crippen LogP contribution < -0.4 is 67.5 Å². The lowest BCUT2D eigenvalue weighted by atomic mass is 10.2. The molecule has 0 fully saturated rings. The van der Waals surface area contributed by atoms with Gasteiger partial charge in [0.2, 0.25) is 11.9 Å². The summed E-state index contributed by atoms with van der Waals surface area (Å²) in [6, 6.07) is 44.3. The second-order valence-electron chi connectivity index (χ2n) is 25.2. The third kappa shape index (κ3) is 19.3. The number of ether oxygens (including phenoxy) is 7. The highest BCUT2D eigenvalue weighted by Crippen LogP contribution is 2.33. The molecule has 0 saturated carbocycles. The molecule has 112 heavy (non-hydrogen) atoms. The average Bonchev–Trinajstić information content (AvgIpc) is 0.865. The monoisotopic (exact) mass is 1490 g/mol. The van der Waals surface area contributed by atoms with E-state index >= 15 is 0 Å². The average molecular weight is 1490 g/mol. The number of aromatic nitrogens is 16. The van der Waals surface area contributed by atoms with Gasteiger partial charge in [0.1, 0.15) is 63.1 Å². The fourth-order valence-electron chi connectivity index (χ4n) is 12.1. The lowest BCUT2D eigenvalue weighted by molar-refractivity contribution is 0.283. The number of hydrogen-bond donors (Lipinski definition) is 0. The van der Waals surface area contributed by atoms with Gasteiger partial charge in [-0.1, -0.05) is 6.07 Å². The number of anilines is 7. The van der Waals surface area contributed by atoms with Crippen molar-refractivity contribution in [1.29, 1.82) is 0 Å². The topological polar surface area (TPSA) is 294 Å². The molecule has 0 unspecified atom stereocenters. The minimum atomic E-state index is 0.461. The SMILES string of the molecule is c1cc(N2COc3ccncc3C2)ccn1.c1ccc(N2COc3ccncc3C2)nc1.c1cnc(N2COc3cccnc3C2)nc1.c1cnc(N2COc3ccncc3C2)nc1.c1cnc2c(c1)OCN(c1ccncc1)C2.c1cncc(N2COc3cccnc3C2)c1.c1cncc(N2COc3ccncc3C2)c1. The summed E-state index contributed by atoms with van der Waals surface area (Å²) >= 11 is 0. The van der Waals surface area contributed by atoms with Crippen LogP contribution in [0.5, 0.6) is 40.2 Å². The lowest BCUT2D eigenvalue weighted by Gasteiger charge is -2.30. The zero-order valence-electron chi connectivity index (χ0n) is 60.7. The molecule has 30 heteroatoms. The number of fused-ring (bicyclic) bond motifs is 7. The predicted molar refractivity (Wildman–Crippen MR) is 417 cm³/mol. The molecule has 7 aliphatic rings. The van der Waals surface area contributed by atoms with Crippen LogP contribution in [0.2, 0.25) is 0 Å². The molecule has 7 aliphatic heterocycles. The molecule has 0 saturated heterocycles. The number of rotatable bonds is 7. The van der Waals surface area contributed by atoms with Crippen molar-refractivity contribution < 1.29 is 33.2 Å².